The van der Waals surface area contributed by atoms with E-state index in [-0.39, 0.29) is 11.4 Å². The van der Waals surface area contributed by atoms with E-state index >= 15 is 0 Å². The largest absolute Gasteiger partial charge is 0.480 e. The van der Waals surface area contributed by atoms with E-state index in [1.54, 1.807) is 6.26 Å². The highest BCUT2D eigenvalue weighted by atomic mass is 35.5. The molecule has 0 saturated carbocycles. The number of rotatable bonds is 6. The summed E-state index contributed by atoms with van der Waals surface area (Å²) in [6.45, 7) is 0. The predicted molar refractivity (Wildman–Crippen MR) is 77.9 cm³/mol. The first-order valence-corrected chi connectivity index (χ1v) is 7.56. The Hall–Kier alpha value is -1.54. The van der Waals surface area contributed by atoms with Gasteiger partial charge in [0.05, 0.1) is 10.7 Å². The van der Waals surface area contributed by atoms with Crippen LogP contribution in [0.4, 0.5) is 19.3 Å². The van der Waals surface area contributed by atoms with Crippen molar-refractivity contribution in [2.24, 2.45) is 0 Å². The third-order valence-electron chi connectivity index (χ3n) is 2.46. The molecule has 5 nitrogen and oxygen atoms in total. The van der Waals surface area contributed by atoms with Gasteiger partial charge in [-0.25, -0.2) is 18.4 Å². The standard InChI is InChI=1S/C12H13ClF2N2O3S/c1-21-3-2-9(11(18)19)16-12(20)17-10-7(13)4-6(14)5-8(10)15/h4-5,9H,2-3H2,1H3,(H,18,19)(H2,16,17,20)/t9-/m1/s1. The molecule has 0 fully saturated rings. The van der Waals surface area contributed by atoms with E-state index in [0.717, 1.165) is 6.07 Å². The Labute approximate surface area is 129 Å². The van der Waals surface area contributed by atoms with Crippen molar-refractivity contribution < 1.29 is 23.5 Å². The van der Waals surface area contributed by atoms with Crippen molar-refractivity contribution in [3.63, 3.8) is 0 Å². The molecule has 1 atom stereocenters. The Morgan fingerprint density at radius 2 is 2.10 bits per heavy atom. The second-order valence-corrected chi connectivity index (χ2v) is 5.41. The lowest BCUT2D eigenvalue weighted by Crippen LogP contribution is -2.43. The summed E-state index contributed by atoms with van der Waals surface area (Å²) in [6, 6.07) is -0.650. The average Bonchev–Trinajstić information content (AvgIpc) is 2.38. The fraction of sp³-hybridized carbons (Fsp3) is 0.333. The molecule has 1 aromatic rings. The molecule has 9 heteroatoms. The molecule has 0 unspecified atom stereocenters. The number of benzene rings is 1. The summed E-state index contributed by atoms with van der Waals surface area (Å²) in [6.07, 6.45) is 2.01. The van der Waals surface area contributed by atoms with Gasteiger partial charge < -0.3 is 15.7 Å². The van der Waals surface area contributed by atoms with E-state index in [4.69, 9.17) is 16.7 Å². The molecule has 0 aromatic heterocycles. The van der Waals surface area contributed by atoms with E-state index in [9.17, 15) is 18.4 Å². The molecule has 3 N–H and O–H groups in total. The van der Waals surface area contributed by atoms with Crippen LogP contribution < -0.4 is 10.6 Å². The number of amides is 2. The SMILES string of the molecule is CSCC[C@@H](NC(=O)Nc1c(F)cc(F)cc1Cl)C(=O)O. The van der Waals surface area contributed by atoms with E-state index in [1.807, 2.05) is 0 Å². The minimum absolute atomic E-state index is 0.212. The van der Waals surface area contributed by atoms with E-state index in [2.05, 4.69) is 10.6 Å². The first-order chi connectivity index (χ1) is 9.85. The lowest BCUT2D eigenvalue weighted by molar-refractivity contribution is -0.139. The molecule has 116 valence electrons. The van der Waals surface area contributed by atoms with Crippen molar-refractivity contribution in [3.8, 4) is 0 Å². The van der Waals surface area contributed by atoms with Crippen LogP contribution in [0.15, 0.2) is 12.1 Å². The maximum Gasteiger partial charge on any atom is 0.326 e. The molecule has 21 heavy (non-hydrogen) atoms. The molecule has 0 bridgehead atoms. The highest BCUT2D eigenvalue weighted by molar-refractivity contribution is 7.98. The third-order valence-corrected chi connectivity index (χ3v) is 3.40. The Bertz CT molecular complexity index is 522. The van der Waals surface area contributed by atoms with Crippen LogP contribution in [0, 0.1) is 11.6 Å². The normalized spacial score (nSPS) is 11.8. The number of urea groups is 1. The summed E-state index contributed by atoms with van der Waals surface area (Å²) in [5, 5.41) is 12.9. The molecule has 0 aliphatic rings. The number of halogens is 3. The van der Waals surface area contributed by atoms with Crippen LogP contribution in [-0.4, -0.2) is 35.2 Å². The summed E-state index contributed by atoms with van der Waals surface area (Å²) in [7, 11) is 0. The second-order valence-electron chi connectivity index (χ2n) is 4.02. The molecule has 0 aliphatic carbocycles. The number of hydrogen-bond donors (Lipinski definition) is 3. The van der Waals surface area contributed by atoms with Gasteiger partial charge in [-0.2, -0.15) is 11.8 Å². The quantitative estimate of drug-likeness (QED) is 0.745. The van der Waals surface area contributed by atoms with Crippen LogP contribution >= 0.6 is 23.4 Å². The number of carboxylic acid groups (broad SMARTS) is 1. The third kappa shape index (κ3) is 5.39. The maximum atomic E-state index is 13.5. The zero-order valence-corrected chi connectivity index (χ0v) is 12.5. The van der Waals surface area contributed by atoms with Crippen molar-refractivity contribution in [1.82, 2.24) is 5.32 Å². The highest BCUT2D eigenvalue weighted by Gasteiger charge is 2.21. The Morgan fingerprint density at radius 3 is 2.62 bits per heavy atom. The van der Waals surface area contributed by atoms with Gasteiger partial charge in [0, 0.05) is 6.07 Å². The van der Waals surface area contributed by atoms with E-state index in [0.29, 0.717) is 11.8 Å². The molecule has 0 heterocycles. The van der Waals surface area contributed by atoms with Crippen molar-refractivity contribution >= 4 is 41.1 Å². The smallest absolute Gasteiger partial charge is 0.326 e. The second kappa shape index (κ2) is 8.04. The predicted octanol–water partition coefficient (Wildman–Crippen LogP) is 2.95. The topological polar surface area (TPSA) is 78.4 Å². The zero-order chi connectivity index (χ0) is 16.0. The molecular formula is C12H13ClF2N2O3S. The van der Waals surface area contributed by atoms with Crippen LogP contribution in [0.5, 0.6) is 0 Å². The van der Waals surface area contributed by atoms with Crippen molar-refractivity contribution in [3.05, 3.63) is 28.8 Å². The van der Waals surface area contributed by atoms with Gasteiger partial charge in [0.1, 0.15) is 11.9 Å². The first-order valence-electron chi connectivity index (χ1n) is 5.79. The van der Waals surface area contributed by atoms with Crippen LogP contribution in [0.3, 0.4) is 0 Å². The molecule has 0 radical (unpaired) electrons. The number of carboxylic acids is 1. The Kier molecular flexibility index (Phi) is 6.70. The van der Waals surface area contributed by atoms with Gasteiger partial charge in [-0.05, 0) is 24.5 Å². The average molecular weight is 339 g/mol. The van der Waals surface area contributed by atoms with E-state index in [1.165, 1.54) is 11.8 Å². The number of anilines is 1. The van der Waals surface area contributed by atoms with Gasteiger partial charge in [-0.3, -0.25) is 0 Å². The van der Waals surface area contributed by atoms with Crippen LogP contribution in [0.1, 0.15) is 6.42 Å². The summed E-state index contributed by atoms with van der Waals surface area (Å²) in [5.41, 5.74) is -0.412. The first kappa shape index (κ1) is 17.5. The number of nitrogens with one attached hydrogen (secondary N) is 2. The molecule has 0 saturated heterocycles. The van der Waals surface area contributed by atoms with E-state index < -0.39 is 35.4 Å². The lowest BCUT2D eigenvalue weighted by atomic mass is 10.2. The minimum Gasteiger partial charge on any atom is -0.480 e. The number of carbonyl (C=O) groups excluding carboxylic acids is 1. The molecular weight excluding hydrogens is 326 g/mol. The van der Waals surface area contributed by atoms with Crippen molar-refractivity contribution in [1.29, 1.82) is 0 Å². The summed E-state index contributed by atoms with van der Waals surface area (Å²) in [5.74, 6) is -2.61. The highest BCUT2D eigenvalue weighted by Crippen LogP contribution is 2.26. The van der Waals surface area contributed by atoms with Crippen LogP contribution in [0.2, 0.25) is 5.02 Å². The van der Waals surface area contributed by atoms with Gasteiger partial charge in [0.2, 0.25) is 0 Å². The molecule has 0 spiro atoms. The van der Waals surface area contributed by atoms with Crippen LogP contribution in [-0.2, 0) is 4.79 Å². The number of carbonyl (C=O) groups is 2. The molecule has 1 aromatic carbocycles. The maximum absolute atomic E-state index is 13.5. The van der Waals surface area contributed by atoms with Gasteiger partial charge in [0.25, 0.3) is 0 Å². The van der Waals surface area contributed by atoms with Crippen molar-refractivity contribution in [2.75, 3.05) is 17.3 Å². The Balaban J connectivity index is 2.74. The molecule has 1 rings (SSSR count). The Morgan fingerprint density at radius 1 is 1.43 bits per heavy atom. The summed E-state index contributed by atoms with van der Waals surface area (Å²) >= 11 is 7.05. The summed E-state index contributed by atoms with van der Waals surface area (Å²) in [4.78, 5) is 22.6. The monoisotopic (exact) mass is 338 g/mol. The van der Waals surface area contributed by atoms with Gasteiger partial charge in [0.15, 0.2) is 5.82 Å². The van der Waals surface area contributed by atoms with Gasteiger partial charge in [-0.15, -0.1) is 0 Å². The number of hydrogen-bond acceptors (Lipinski definition) is 3. The fourth-order valence-corrected chi connectivity index (χ4v) is 2.18. The summed E-state index contributed by atoms with van der Waals surface area (Å²) < 4.78 is 26.4. The molecule has 0 aliphatic heterocycles. The number of aliphatic carboxylic acids is 1. The van der Waals surface area contributed by atoms with Crippen molar-refractivity contribution in [2.45, 2.75) is 12.5 Å². The van der Waals surface area contributed by atoms with Crippen LogP contribution in [0.25, 0.3) is 0 Å². The number of thioether (sulfide) groups is 1. The minimum atomic E-state index is -1.20. The van der Waals surface area contributed by atoms with Gasteiger partial charge in [-0.1, -0.05) is 11.6 Å². The zero-order valence-electron chi connectivity index (χ0n) is 11.0. The fourth-order valence-electron chi connectivity index (χ4n) is 1.46. The molecule has 2 amide bonds. The van der Waals surface area contributed by atoms with Gasteiger partial charge >= 0.3 is 12.0 Å². The lowest BCUT2D eigenvalue weighted by Gasteiger charge is -2.15.